The monoisotopic (exact) mass is 336 g/mol. The molecule has 2 rings (SSSR count). The number of carbonyl (C=O) groups is 1. The van der Waals surface area contributed by atoms with Crippen molar-refractivity contribution < 1.29 is 13.9 Å². The van der Waals surface area contributed by atoms with E-state index in [2.05, 4.69) is 15.9 Å². The van der Waals surface area contributed by atoms with Crippen molar-refractivity contribution in [2.24, 2.45) is 0 Å². The van der Waals surface area contributed by atoms with Gasteiger partial charge in [0.25, 0.3) is 0 Å². The van der Waals surface area contributed by atoms with Crippen LogP contribution in [0, 0.1) is 12.7 Å². The zero-order valence-corrected chi connectivity index (χ0v) is 12.6. The van der Waals surface area contributed by atoms with Crippen LogP contribution in [0.2, 0.25) is 0 Å². The van der Waals surface area contributed by atoms with Gasteiger partial charge in [0, 0.05) is 16.5 Å². The first-order chi connectivity index (χ1) is 9.56. The van der Waals surface area contributed by atoms with Crippen LogP contribution in [0.25, 0.3) is 0 Å². The molecule has 0 N–H and O–H groups in total. The minimum Gasteiger partial charge on any atom is -0.493 e. The van der Waals surface area contributed by atoms with Crippen LogP contribution >= 0.6 is 15.9 Å². The van der Waals surface area contributed by atoms with Gasteiger partial charge in [-0.05, 0) is 48.9 Å². The van der Waals surface area contributed by atoms with E-state index in [0.717, 1.165) is 15.8 Å². The third-order valence-electron chi connectivity index (χ3n) is 2.90. The molecule has 0 aromatic heterocycles. The van der Waals surface area contributed by atoms with E-state index >= 15 is 0 Å². The summed E-state index contributed by atoms with van der Waals surface area (Å²) in [6, 6.07) is 11.3. The second kappa shape index (κ2) is 6.66. The molecule has 0 heterocycles. The summed E-state index contributed by atoms with van der Waals surface area (Å²) < 4.78 is 19.3. The maximum atomic E-state index is 12.8. The second-order valence-electron chi connectivity index (χ2n) is 4.44. The summed E-state index contributed by atoms with van der Waals surface area (Å²) in [6.07, 6.45) is 0.261. The lowest BCUT2D eigenvalue weighted by Gasteiger charge is -2.09. The van der Waals surface area contributed by atoms with E-state index in [9.17, 15) is 9.18 Å². The molecular weight excluding hydrogens is 323 g/mol. The molecule has 0 radical (unpaired) electrons. The van der Waals surface area contributed by atoms with Crippen molar-refractivity contribution in [3.63, 3.8) is 0 Å². The summed E-state index contributed by atoms with van der Waals surface area (Å²) in [4.78, 5) is 11.9. The van der Waals surface area contributed by atoms with Crippen LogP contribution in [-0.2, 0) is 0 Å². The molecule has 0 atom stereocenters. The minimum atomic E-state index is -0.345. The zero-order valence-electron chi connectivity index (χ0n) is 11.0. The lowest BCUT2D eigenvalue weighted by molar-refractivity contribution is 0.0962. The van der Waals surface area contributed by atoms with Crippen LogP contribution in [0.15, 0.2) is 46.9 Å². The van der Waals surface area contributed by atoms with Crippen LogP contribution < -0.4 is 4.74 Å². The fourth-order valence-electron chi connectivity index (χ4n) is 1.76. The van der Waals surface area contributed by atoms with Crippen LogP contribution in [0.1, 0.15) is 22.3 Å². The fraction of sp³-hybridized carbons (Fsp3) is 0.188. The fourth-order valence-corrected chi connectivity index (χ4v) is 2.10. The zero-order chi connectivity index (χ0) is 14.5. The molecule has 0 saturated carbocycles. The van der Waals surface area contributed by atoms with Gasteiger partial charge in [-0.25, -0.2) is 4.39 Å². The number of carbonyl (C=O) groups excluding carboxylic acids is 1. The molecule has 2 aromatic rings. The van der Waals surface area contributed by atoms with Crippen molar-refractivity contribution in [3.05, 3.63) is 63.9 Å². The number of hydrogen-bond acceptors (Lipinski definition) is 2. The van der Waals surface area contributed by atoms with Gasteiger partial charge in [0.1, 0.15) is 11.6 Å². The van der Waals surface area contributed by atoms with Gasteiger partial charge in [0.05, 0.1) is 6.61 Å². The largest absolute Gasteiger partial charge is 0.493 e. The SMILES string of the molecule is Cc1ccc(Br)cc1OCCC(=O)c1ccc(F)cc1. The van der Waals surface area contributed by atoms with E-state index < -0.39 is 0 Å². The van der Waals surface area contributed by atoms with E-state index in [0.29, 0.717) is 12.2 Å². The molecule has 0 fully saturated rings. The molecule has 4 heteroatoms. The van der Waals surface area contributed by atoms with Crippen LogP contribution in [0.5, 0.6) is 5.75 Å². The van der Waals surface area contributed by atoms with Crippen LogP contribution in [-0.4, -0.2) is 12.4 Å². The Morgan fingerprint density at radius 2 is 1.90 bits per heavy atom. The van der Waals surface area contributed by atoms with Crippen molar-refractivity contribution in [2.75, 3.05) is 6.61 Å². The van der Waals surface area contributed by atoms with Gasteiger partial charge >= 0.3 is 0 Å². The standard InChI is InChI=1S/C16H14BrFO2/c1-11-2-5-13(17)10-16(11)20-9-8-15(19)12-3-6-14(18)7-4-12/h2-7,10H,8-9H2,1H3. The van der Waals surface area contributed by atoms with Crippen molar-refractivity contribution in [1.82, 2.24) is 0 Å². The van der Waals surface area contributed by atoms with Gasteiger partial charge in [0.15, 0.2) is 5.78 Å². The third kappa shape index (κ3) is 3.90. The Labute approximate surface area is 125 Å². The molecule has 104 valence electrons. The topological polar surface area (TPSA) is 26.3 Å². The van der Waals surface area contributed by atoms with Crippen LogP contribution in [0.4, 0.5) is 4.39 Å². The number of halogens is 2. The van der Waals surface area contributed by atoms with Gasteiger partial charge < -0.3 is 4.74 Å². The molecular formula is C16H14BrFO2. The number of ether oxygens (including phenoxy) is 1. The highest BCUT2D eigenvalue weighted by molar-refractivity contribution is 9.10. The predicted octanol–water partition coefficient (Wildman–Crippen LogP) is 4.55. The molecule has 0 aliphatic carbocycles. The Hall–Kier alpha value is -1.68. The molecule has 0 bridgehead atoms. The second-order valence-corrected chi connectivity index (χ2v) is 5.35. The van der Waals surface area contributed by atoms with Crippen LogP contribution in [0.3, 0.4) is 0 Å². The van der Waals surface area contributed by atoms with E-state index in [1.54, 1.807) is 0 Å². The number of aryl methyl sites for hydroxylation is 1. The Morgan fingerprint density at radius 3 is 2.60 bits per heavy atom. The molecule has 0 spiro atoms. The first-order valence-corrected chi connectivity index (χ1v) is 7.03. The summed E-state index contributed by atoms with van der Waals surface area (Å²) in [7, 11) is 0. The normalized spacial score (nSPS) is 10.3. The molecule has 0 aliphatic heterocycles. The van der Waals surface area contributed by atoms with Crippen molar-refractivity contribution in [2.45, 2.75) is 13.3 Å². The highest BCUT2D eigenvalue weighted by Gasteiger charge is 2.07. The average Bonchev–Trinajstić information content (AvgIpc) is 2.43. The van der Waals surface area contributed by atoms with Gasteiger partial charge in [-0.2, -0.15) is 0 Å². The number of ketones is 1. The summed E-state index contributed by atoms with van der Waals surface area (Å²) in [6.45, 7) is 2.25. The summed E-state index contributed by atoms with van der Waals surface area (Å²) >= 11 is 3.38. The smallest absolute Gasteiger partial charge is 0.166 e. The van der Waals surface area contributed by atoms with Crippen molar-refractivity contribution in [1.29, 1.82) is 0 Å². The average molecular weight is 337 g/mol. The molecule has 20 heavy (non-hydrogen) atoms. The molecule has 0 amide bonds. The van der Waals surface area contributed by atoms with Gasteiger partial charge in [-0.15, -0.1) is 0 Å². The quantitative estimate of drug-likeness (QED) is 0.749. The Balaban J connectivity index is 1.91. The van der Waals surface area contributed by atoms with Crippen molar-refractivity contribution >= 4 is 21.7 Å². The van der Waals surface area contributed by atoms with E-state index in [1.807, 2.05) is 25.1 Å². The Morgan fingerprint density at radius 1 is 1.20 bits per heavy atom. The maximum Gasteiger partial charge on any atom is 0.166 e. The number of Topliss-reactive ketones (excluding diaryl/α,β-unsaturated/α-hetero) is 1. The molecule has 0 saturated heterocycles. The Kier molecular flexibility index (Phi) is 4.90. The number of benzene rings is 2. The van der Waals surface area contributed by atoms with Crippen molar-refractivity contribution in [3.8, 4) is 5.75 Å². The number of rotatable bonds is 5. The number of hydrogen-bond donors (Lipinski definition) is 0. The summed E-state index contributed by atoms with van der Waals surface area (Å²) in [5.74, 6) is 0.353. The third-order valence-corrected chi connectivity index (χ3v) is 3.40. The van der Waals surface area contributed by atoms with Gasteiger partial charge in [0.2, 0.25) is 0 Å². The highest BCUT2D eigenvalue weighted by atomic mass is 79.9. The minimum absolute atomic E-state index is 0.0577. The maximum absolute atomic E-state index is 12.8. The van der Waals surface area contributed by atoms with Gasteiger partial charge in [-0.1, -0.05) is 22.0 Å². The molecule has 2 nitrogen and oxygen atoms in total. The first kappa shape index (κ1) is 14.7. The lowest BCUT2D eigenvalue weighted by atomic mass is 10.1. The molecule has 0 aliphatic rings. The predicted molar refractivity (Wildman–Crippen MR) is 79.7 cm³/mol. The summed E-state index contributed by atoms with van der Waals surface area (Å²) in [5, 5.41) is 0. The van der Waals surface area contributed by atoms with E-state index in [4.69, 9.17) is 4.74 Å². The Bertz CT molecular complexity index is 608. The van der Waals surface area contributed by atoms with E-state index in [-0.39, 0.29) is 18.0 Å². The lowest BCUT2D eigenvalue weighted by Crippen LogP contribution is -2.07. The first-order valence-electron chi connectivity index (χ1n) is 6.24. The molecule has 0 unspecified atom stereocenters. The molecule has 2 aromatic carbocycles. The van der Waals surface area contributed by atoms with Gasteiger partial charge in [-0.3, -0.25) is 4.79 Å². The van der Waals surface area contributed by atoms with E-state index in [1.165, 1.54) is 24.3 Å². The summed E-state index contributed by atoms with van der Waals surface area (Å²) in [5.41, 5.74) is 1.52. The highest BCUT2D eigenvalue weighted by Crippen LogP contribution is 2.23.